The van der Waals surface area contributed by atoms with Gasteiger partial charge in [0, 0.05) is 19.0 Å². The van der Waals surface area contributed by atoms with Crippen LogP contribution in [0.2, 0.25) is 0 Å². The number of hydrogen-bond donors (Lipinski definition) is 2. The molecule has 3 nitrogen and oxygen atoms in total. The van der Waals surface area contributed by atoms with Gasteiger partial charge in [-0.3, -0.25) is 4.79 Å². The van der Waals surface area contributed by atoms with Crippen LogP contribution in [-0.2, 0) is 17.5 Å². The molecule has 3 N–H and O–H groups in total. The average molecular weight is 300 g/mol. The van der Waals surface area contributed by atoms with Crippen LogP contribution in [0.4, 0.5) is 13.2 Å². The van der Waals surface area contributed by atoms with E-state index in [-0.39, 0.29) is 24.4 Å². The molecule has 0 saturated heterocycles. The molecule has 1 aliphatic carbocycles. The number of alkyl halides is 3. The molecule has 0 unspecified atom stereocenters. The van der Waals surface area contributed by atoms with Crippen LogP contribution in [0.5, 0.6) is 0 Å². The highest BCUT2D eigenvalue weighted by atomic mass is 19.4. The summed E-state index contributed by atoms with van der Waals surface area (Å²) in [4.78, 5) is 11.8. The van der Waals surface area contributed by atoms with Gasteiger partial charge in [-0.25, -0.2) is 0 Å². The van der Waals surface area contributed by atoms with Crippen LogP contribution in [0.1, 0.15) is 36.8 Å². The average Bonchev–Trinajstić information content (AvgIpc) is 2.81. The molecule has 116 valence electrons. The van der Waals surface area contributed by atoms with E-state index >= 15 is 0 Å². The first-order chi connectivity index (χ1) is 9.86. The van der Waals surface area contributed by atoms with Crippen molar-refractivity contribution in [3.63, 3.8) is 0 Å². The van der Waals surface area contributed by atoms with Crippen molar-refractivity contribution >= 4 is 5.91 Å². The van der Waals surface area contributed by atoms with Gasteiger partial charge in [-0.05, 0) is 36.5 Å². The Morgan fingerprint density at radius 1 is 1.24 bits per heavy atom. The fraction of sp³-hybridized carbons (Fsp3) is 0.533. The van der Waals surface area contributed by atoms with Crippen molar-refractivity contribution in [1.29, 1.82) is 0 Å². The molecular weight excluding hydrogens is 281 g/mol. The van der Waals surface area contributed by atoms with Crippen LogP contribution in [0, 0.1) is 5.92 Å². The Morgan fingerprint density at radius 2 is 1.90 bits per heavy atom. The van der Waals surface area contributed by atoms with Crippen LogP contribution < -0.4 is 11.1 Å². The normalized spacial score (nSPS) is 22.3. The smallest absolute Gasteiger partial charge is 0.352 e. The second-order valence-corrected chi connectivity index (χ2v) is 5.53. The molecule has 1 saturated carbocycles. The molecule has 0 bridgehead atoms. The molecule has 2 atom stereocenters. The Morgan fingerprint density at radius 3 is 2.43 bits per heavy atom. The molecule has 1 aromatic rings. The van der Waals surface area contributed by atoms with Crippen LogP contribution >= 0.6 is 0 Å². The first kappa shape index (κ1) is 15.8. The zero-order valence-corrected chi connectivity index (χ0v) is 11.6. The lowest BCUT2D eigenvalue weighted by Gasteiger charge is -2.15. The summed E-state index contributed by atoms with van der Waals surface area (Å²) in [5, 5.41) is 2.73. The number of nitrogens with one attached hydrogen (secondary N) is 1. The maximum atomic E-state index is 12.4. The number of halogens is 3. The van der Waals surface area contributed by atoms with Gasteiger partial charge in [0.15, 0.2) is 0 Å². The molecule has 0 aliphatic heterocycles. The van der Waals surface area contributed by atoms with E-state index in [1.807, 2.05) is 0 Å². The molecular formula is C15H19F3N2O. The minimum absolute atomic E-state index is 0.0850. The van der Waals surface area contributed by atoms with E-state index in [2.05, 4.69) is 5.32 Å². The van der Waals surface area contributed by atoms with Crippen LogP contribution in [-0.4, -0.2) is 11.9 Å². The summed E-state index contributed by atoms with van der Waals surface area (Å²) in [7, 11) is 0. The van der Waals surface area contributed by atoms with Crippen molar-refractivity contribution in [2.24, 2.45) is 11.7 Å². The van der Waals surface area contributed by atoms with Gasteiger partial charge < -0.3 is 11.1 Å². The minimum Gasteiger partial charge on any atom is -0.352 e. The van der Waals surface area contributed by atoms with E-state index in [0.717, 1.165) is 31.4 Å². The van der Waals surface area contributed by atoms with Gasteiger partial charge in [0.05, 0.1) is 5.56 Å². The van der Waals surface area contributed by atoms with Crippen molar-refractivity contribution in [2.45, 2.75) is 44.4 Å². The fourth-order valence-corrected chi connectivity index (χ4v) is 2.64. The molecule has 2 rings (SSSR count). The van der Waals surface area contributed by atoms with Crippen molar-refractivity contribution in [2.75, 3.05) is 0 Å². The summed E-state index contributed by atoms with van der Waals surface area (Å²) in [6.45, 7) is 0.235. The highest BCUT2D eigenvalue weighted by molar-refractivity contribution is 5.76. The minimum atomic E-state index is -4.33. The van der Waals surface area contributed by atoms with Crippen LogP contribution in [0.15, 0.2) is 24.3 Å². The molecule has 0 aromatic heterocycles. The predicted octanol–water partition coefficient (Wildman–Crippen LogP) is 2.84. The number of carbonyl (C=O) groups excluding carboxylic acids is 1. The topological polar surface area (TPSA) is 55.1 Å². The van der Waals surface area contributed by atoms with Crippen molar-refractivity contribution in [3.8, 4) is 0 Å². The SMILES string of the molecule is N[C@@H]1CCC[C@H]1CC(=O)NCc1ccc(C(F)(F)F)cc1. The first-order valence-corrected chi connectivity index (χ1v) is 7.04. The predicted molar refractivity (Wildman–Crippen MR) is 73.2 cm³/mol. The Kier molecular flexibility index (Phi) is 4.88. The van der Waals surface area contributed by atoms with E-state index < -0.39 is 11.7 Å². The molecule has 6 heteroatoms. The third-order valence-electron chi connectivity index (χ3n) is 3.94. The molecule has 21 heavy (non-hydrogen) atoms. The third kappa shape index (κ3) is 4.46. The summed E-state index contributed by atoms with van der Waals surface area (Å²) in [6.07, 6.45) is -0.966. The van der Waals surface area contributed by atoms with E-state index in [1.54, 1.807) is 0 Å². The lowest BCUT2D eigenvalue weighted by atomic mass is 10.00. The van der Waals surface area contributed by atoms with Gasteiger partial charge in [0.1, 0.15) is 0 Å². The zero-order valence-electron chi connectivity index (χ0n) is 11.6. The van der Waals surface area contributed by atoms with Gasteiger partial charge in [-0.2, -0.15) is 13.2 Å². The Bertz CT molecular complexity index is 485. The van der Waals surface area contributed by atoms with Gasteiger partial charge >= 0.3 is 6.18 Å². The first-order valence-electron chi connectivity index (χ1n) is 7.04. The van der Waals surface area contributed by atoms with Gasteiger partial charge in [-0.15, -0.1) is 0 Å². The third-order valence-corrected chi connectivity index (χ3v) is 3.94. The summed E-state index contributed by atoms with van der Waals surface area (Å²) in [5.41, 5.74) is 5.87. The second kappa shape index (κ2) is 6.47. The number of rotatable bonds is 4. The maximum Gasteiger partial charge on any atom is 0.416 e. The van der Waals surface area contributed by atoms with E-state index in [9.17, 15) is 18.0 Å². The summed E-state index contributed by atoms with van der Waals surface area (Å²) in [6, 6.07) is 4.89. The number of amides is 1. The molecule has 1 fully saturated rings. The fourth-order valence-electron chi connectivity index (χ4n) is 2.64. The molecule has 0 heterocycles. The van der Waals surface area contributed by atoms with Gasteiger partial charge in [-0.1, -0.05) is 18.6 Å². The largest absolute Gasteiger partial charge is 0.416 e. The summed E-state index contributed by atoms with van der Waals surface area (Å²) in [5.74, 6) is 0.120. The lowest BCUT2D eigenvalue weighted by Crippen LogP contribution is -2.31. The van der Waals surface area contributed by atoms with Gasteiger partial charge in [0.25, 0.3) is 0 Å². The van der Waals surface area contributed by atoms with Crippen molar-refractivity contribution in [3.05, 3.63) is 35.4 Å². The second-order valence-electron chi connectivity index (χ2n) is 5.53. The molecule has 0 radical (unpaired) electrons. The lowest BCUT2D eigenvalue weighted by molar-refractivity contribution is -0.137. The molecule has 1 aromatic carbocycles. The van der Waals surface area contributed by atoms with Crippen molar-refractivity contribution < 1.29 is 18.0 Å². The van der Waals surface area contributed by atoms with Crippen molar-refractivity contribution in [1.82, 2.24) is 5.32 Å². The summed E-state index contributed by atoms with van der Waals surface area (Å²) >= 11 is 0. The maximum absolute atomic E-state index is 12.4. The highest BCUT2D eigenvalue weighted by Crippen LogP contribution is 2.29. The number of carbonyl (C=O) groups is 1. The van der Waals surface area contributed by atoms with E-state index in [0.29, 0.717) is 12.0 Å². The standard InChI is InChI=1S/C15H19F3N2O/c16-15(17,18)12-6-4-10(5-7-12)9-20-14(21)8-11-2-1-3-13(11)19/h4-7,11,13H,1-3,8-9,19H2,(H,20,21)/t11-,13+/m0/s1. The van der Waals surface area contributed by atoms with Crippen LogP contribution in [0.3, 0.4) is 0 Å². The Labute approximate surface area is 121 Å². The zero-order chi connectivity index (χ0) is 15.5. The van der Waals surface area contributed by atoms with Gasteiger partial charge in [0.2, 0.25) is 5.91 Å². The Hall–Kier alpha value is -1.56. The number of hydrogen-bond acceptors (Lipinski definition) is 2. The molecule has 1 aliphatic rings. The quantitative estimate of drug-likeness (QED) is 0.898. The van der Waals surface area contributed by atoms with Crippen LogP contribution in [0.25, 0.3) is 0 Å². The molecule has 0 spiro atoms. The van der Waals surface area contributed by atoms with E-state index in [1.165, 1.54) is 12.1 Å². The number of nitrogens with two attached hydrogens (primary N) is 1. The van der Waals surface area contributed by atoms with E-state index in [4.69, 9.17) is 5.73 Å². The summed E-state index contributed by atoms with van der Waals surface area (Å²) < 4.78 is 37.2. The Balaban J connectivity index is 1.81. The highest BCUT2D eigenvalue weighted by Gasteiger charge is 2.30. The monoisotopic (exact) mass is 300 g/mol. The molecule has 1 amide bonds. The number of benzene rings is 1.